The van der Waals surface area contributed by atoms with Gasteiger partial charge < -0.3 is 0 Å². The third kappa shape index (κ3) is 2.02. The van der Waals surface area contributed by atoms with Gasteiger partial charge in [-0.25, -0.2) is 0 Å². The Balaban J connectivity index is 1.87. The van der Waals surface area contributed by atoms with Gasteiger partial charge in [0, 0.05) is 29.0 Å². The molecule has 22 heavy (non-hydrogen) atoms. The number of nitrogens with zero attached hydrogens (tertiary/aromatic N) is 1. The van der Waals surface area contributed by atoms with Crippen LogP contribution in [0, 0.1) is 6.92 Å². The van der Waals surface area contributed by atoms with Crippen LogP contribution in [0.1, 0.15) is 55.3 Å². The molecule has 1 heteroatoms. The molecule has 2 aliphatic carbocycles. The van der Waals surface area contributed by atoms with Crippen molar-refractivity contribution in [3.05, 3.63) is 53.2 Å². The monoisotopic (exact) mass is 292 g/mol. The first-order valence-electron chi connectivity index (χ1n) is 8.80. The van der Waals surface area contributed by atoms with Gasteiger partial charge in [0.25, 0.3) is 0 Å². The van der Waals surface area contributed by atoms with Crippen molar-refractivity contribution in [2.45, 2.75) is 57.3 Å². The molecule has 0 radical (unpaired) electrons. The fraction of sp³-hybridized carbons (Fsp3) is 0.476. The molecule has 0 unspecified atom stereocenters. The van der Waals surface area contributed by atoms with Crippen LogP contribution < -0.4 is 4.57 Å². The maximum Gasteiger partial charge on any atom is 0.212 e. The van der Waals surface area contributed by atoms with E-state index in [-0.39, 0.29) is 0 Å². The third-order valence-corrected chi connectivity index (χ3v) is 6.11. The minimum Gasteiger partial charge on any atom is -0.198 e. The van der Waals surface area contributed by atoms with Crippen LogP contribution in [0.4, 0.5) is 0 Å². The minimum absolute atomic E-state index is 0.510. The first kappa shape index (κ1) is 14.0. The molecule has 0 amide bonds. The summed E-state index contributed by atoms with van der Waals surface area (Å²) in [5, 5.41) is 0. The third-order valence-electron chi connectivity index (χ3n) is 6.11. The summed E-state index contributed by atoms with van der Waals surface area (Å²) in [6, 6.07) is 13.6. The Morgan fingerprint density at radius 2 is 1.64 bits per heavy atom. The highest BCUT2D eigenvalue weighted by Crippen LogP contribution is 2.48. The van der Waals surface area contributed by atoms with Crippen LogP contribution in [0.15, 0.2) is 36.4 Å². The zero-order valence-electron chi connectivity index (χ0n) is 13.9. The van der Waals surface area contributed by atoms with Crippen molar-refractivity contribution in [1.82, 2.24) is 0 Å². The summed E-state index contributed by atoms with van der Waals surface area (Å²) in [7, 11) is 2.27. The summed E-state index contributed by atoms with van der Waals surface area (Å²) in [6.07, 6.45) is 9.66. The van der Waals surface area contributed by atoms with Gasteiger partial charge in [0.15, 0.2) is 5.69 Å². The van der Waals surface area contributed by atoms with E-state index in [1.54, 1.807) is 11.3 Å². The van der Waals surface area contributed by atoms with Crippen molar-refractivity contribution in [3.63, 3.8) is 0 Å². The van der Waals surface area contributed by atoms with E-state index in [0.29, 0.717) is 5.41 Å². The van der Waals surface area contributed by atoms with Gasteiger partial charge in [0.05, 0.1) is 0 Å². The van der Waals surface area contributed by atoms with Gasteiger partial charge in [-0.05, 0) is 50.3 Å². The molecule has 0 saturated heterocycles. The molecule has 2 aliphatic rings. The molecule has 0 N–H and O–H groups in total. The summed E-state index contributed by atoms with van der Waals surface area (Å²) in [6.45, 7) is 2.22. The second kappa shape index (κ2) is 5.22. The first-order chi connectivity index (χ1) is 10.7. The predicted molar refractivity (Wildman–Crippen MR) is 90.9 cm³/mol. The molecular formula is C21H26N+. The lowest BCUT2D eigenvalue weighted by Crippen LogP contribution is -2.43. The van der Waals surface area contributed by atoms with Crippen molar-refractivity contribution in [2.24, 2.45) is 7.05 Å². The highest BCUT2D eigenvalue weighted by molar-refractivity contribution is 5.61. The van der Waals surface area contributed by atoms with Crippen LogP contribution in [0.2, 0.25) is 0 Å². The number of pyridine rings is 1. The highest BCUT2D eigenvalue weighted by Gasteiger charge is 2.42. The van der Waals surface area contributed by atoms with Gasteiger partial charge in [0.2, 0.25) is 5.69 Å². The number of aromatic nitrogens is 1. The van der Waals surface area contributed by atoms with Gasteiger partial charge in [-0.2, -0.15) is 4.57 Å². The molecule has 114 valence electrons. The Kier molecular flexibility index (Phi) is 3.32. The lowest BCUT2D eigenvalue weighted by atomic mass is 9.70. The topological polar surface area (TPSA) is 3.88 Å². The maximum absolute atomic E-state index is 2.48. The Bertz CT molecular complexity index is 708. The Morgan fingerprint density at radius 3 is 2.41 bits per heavy atom. The fourth-order valence-electron chi connectivity index (χ4n) is 4.91. The average Bonchev–Trinajstić information content (AvgIpc) is 2.99. The molecule has 1 saturated carbocycles. The van der Waals surface area contributed by atoms with E-state index in [1.807, 2.05) is 0 Å². The molecule has 1 heterocycles. The van der Waals surface area contributed by atoms with Gasteiger partial charge in [-0.1, -0.05) is 31.0 Å². The van der Waals surface area contributed by atoms with E-state index < -0.39 is 0 Å². The normalized spacial score (nSPS) is 19.4. The second-order valence-corrected chi connectivity index (χ2v) is 7.29. The lowest BCUT2D eigenvalue weighted by molar-refractivity contribution is -0.669. The van der Waals surface area contributed by atoms with Gasteiger partial charge in [-0.3, -0.25) is 0 Å². The van der Waals surface area contributed by atoms with Crippen LogP contribution in [0.25, 0.3) is 11.3 Å². The summed E-state index contributed by atoms with van der Waals surface area (Å²) in [5.41, 5.74) is 7.87. The number of aryl methyl sites for hydroxylation is 1. The predicted octanol–water partition coefficient (Wildman–Crippen LogP) is 4.63. The van der Waals surface area contributed by atoms with Crippen LogP contribution >= 0.6 is 0 Å². The van der Waals surface area contributed by atoms with Crippen molar-refractivity contribution in [2.75, 3.05) is 0 Å². The molecule has 0 bridgehead atoms. The average molecular weight is 292 g/mol. The molecule has 1 aromatic carbocycles. The molecule has 1 spiro atoms. The van der Waals surface area contributed by atoms with E-state index in [0.717, 1.165) is 0 Å². The number of hydrogen-bond donors (Lipinski definition) is 0. The van der Waals surface area contributed by atoms with Crippen LogP contribution in [-0.4, -0.2) is 0 Å². The summed E-state index contributed by atoms with van der Waals surface area (Å²) in [5.74, 6) is 0. The number of benzene rings is 1. The zero-order chi connectivity index (χ0) is 15.2. The summed E-state index contributed by atoms with van der Waals surface area (Å²) >= 11 is 0. The molecule has 4 rings (SSSR count). The Hall–Kier alpha value is -1.63. The van der Waals surface area contributed by atoms with Gasteiger partial charge >= 0.3 is 0 Å². The van der Waals surface area contributed by atoms with Gasteiger partial charge in [-0.15, -0.1) is 0 Å². The van der Waals surface area contributed by atoms with Crippen molar-refractivity contribution < 1.29 is 4.57 Å². The second-order valence-electron chi connectivity index (χ2n) is 7.29. The van der Waals surface area contributed by atoms with E-state index in [9.17, 15) is 0 Å². The van der Waals surface area contributed by atoms with Crippen molar-refractivity contribution in [3.8, 4) is 11.3 Å². The Morgan fingerprint density at radius 1 is 0.909 bits per heavy atom. The molecular weight excluding hydrogens is 266 g/mol. The van der Waals surface area contributed by atoms with E-state index in [1.165, 1.54) is 61.8 Å². The summed E-state index contributed by atoms with van der Waals surface area (Å²) < 4.78 is 2.48. The molecule has 1 aromatic heterocycles. The SMILES string of the molecule is Cc1ccccc1-c1ccc2c([n+]1C)CCCC21CCCC1. The van der Waals surface area contributed by atoms with E-state index in [4.69, 9.17) is 0 Å². The molecule has 0 aliphatic heterocycles. The van der Waals surface area contributed by atoms with Crippen LogP contribution in [-0.2, 0) is 18.9 Å². The van der Waals surface area contributed by atoms with E-state index >= 15 is 0 Å². The number of hydrogen-bond acceptors (Lipinski definition) is 0. The molecule has 2 aromatic rings. The molecule has 1 nitrogen and oxygen atoms in total. The zero-order valence-corrected chi connectivity index (χ0v) is 13.9. The lowest BCUT2D eigenvalue weighted by Gasteiger charge is -2.34. The summed E-state index contributed by atoms with van der Waals surface area (Å²) in [4.78, 5) is 0. The van der Waals surface area contributed by atoms with Gasteiger partial charge in [0.1, 0.15) is 7.05 Å². The van der Waals surface area contributed by atoms with E-state index in [2.05, 4.69) is 54.9 Å². The standard InChI is InChI=1S/C21H26N/c1-16-8-3-4-9-17(16)19-12-11-18-20(22(19)2)10-7-15-21(18)13-5-6-14-21/h3-4,8-9,11-12H,5-7,10,13-15H2,1-2H3/q+1. The largest absolute Gasteiger partial charge is 0.212 e. The van der Waals surface area contributed by atoms with Crippen LogP contribution in [0.3, 0.4) is 0 Å². The fourth-order valence-corrected chi connectivity index (χ4v) is 4.91. The number of fused-ring (bicyclic) bond motifs is 2. The Labute approximate surface area is 134 Å². The smallest absolute Gasteiger partial charge is 0.198 e. The van der Waals surface area contributed by atoms with Crippen molar-refractivity contribution >= 4 is 0 Å². The number of rotatable bonds is 1. The highest BCUT2D eigenvalue weighted by atomic mass is 15.0. The quantitative estimate of drug-likeness (QED) is 0.674. The van der Waals surface area contributed by atoms with Crippen LogP contribution in [0.5, 0.6) is 0 Å². The maximum atomic E-state index is 2.48. The molecule has 0 atom stereocenters. The van der Waals surface area contributed by atoms with Crippen molar-refractivity contribution in [1.29, 1.82) is 0 Å². The molecule has 1 fully saturated rings. The minimum atomic E-state index is 0.510. The first-order valence-corrected chi connectivity index (χ1v) is 8.80.